The predicted molar refractivity (Wildman–Crippen MR) is 70.1 cm³/mol. The third-order valence-electron chi connectivity index (χ3n) is 2.51. The van der Waals surface area contributed by atoms with E-state index in [0.29, 0.717) is 5.69 Å². The van der Waals surface area contributed by atoms with Crippen LogP contribution in [-0.4, -0.2) is 23.3 Å². The van der Waals surface area contributed by atoms with Crippen molar-refractivity contribution in [2.75, 3.05) is 5.73 Å². The minimum atomic E-state index is -3.80. The Bertz CT molecular complexity index is 726. The molecule has 0 aliphatic carbocycles. The summed E-state index contributed by atoms with van der Waals surface area (Å²) in [4.78, 5) is 16.3. The Morgan fingerprint density at radius 3 is 2.75 bits per heavy atom. The molecular formula is C10H11N5O4S. The maximum Gasteiger partial charge on any atom is 0.292 e. The molecular weight excluding hydrogens is 286 g/mol. The van der Waals surface area contributed by atoms with E-state index in [-0.39, 0.29) is 22.8 Å². The van der Waals surface area contributed by atoms with Crippen LogP contribution in [-0.2, 0) is 16.6 Å². The molecule has 0 saturated heterocycles. The second-order valence-electron chi connectivity index (χ2n) is 3.88. The lowest BCUT2D eigenvalue weighted by molar-refractivity contribution is -0.383. The molecule has 2 aromatic rings. The molecule has 0 aliphatic heterocycles. The van der Waals surface area contributed by atoms with Crippen LogP contribution in [0.5, 0.6) is 0 Å². The van der Waals surface area contributed by atoms with E-state index in [4.69, 9.17) is 5.73 Å². The van der Waals surface area contributed by atoms with Crippen LogP contribution >= 0.6 is 0 Å². The Balaban J connectivity index is 2.21. The van der Waals surface area contributed by atoms with E-state index < -0.39 is 14.9 Å². The van der Waals surface area contributed by atoms with E-state index in [1.807, 2.05) is 0 Å². The van der Waals surface area contributed by atoms with Gasteiger partial charge in [-0.25, -0.2) is 18.1 Å². The number of aromatic amines is 1. The van der Waals surface area contributed by atoms with E-state index in [0.717, 1.165) is 18.2 Å². The molecule has 10 heteroatoms. The minimum Gasteiger partial charge on any atom is -0.393 e. The minimum absolute atomic E-state index is 0.0270. The lowest BCUT2D eigenvalue weighted by atomic mass is 10.3. The predicted octanol–water partition coefficient (Wildman–Crippen LogP) is 0.379. The summed E-state index contributed by atoms with van der Waals surface area (Å²) in [6.07, 6.45) is 2.90. The van der Waals surface area contributed by atoms with Crippen molar-refractivity contribution >= 4 is 21.4 Å². The van der Waals surface area contributed by atoms with Gasteiger partial charge >= 0.3 is 0 Å². The molecule has 0 saturated carbocycles. The number of nitrogens with one attached hydrogen (secondary N) is 2. The molecule has 2 rings (SSSR count). The van der Waals surface area contributed by atoms with E-state index in [1.54, 1.807) is 0 Å². The number of benzene rings is 1. The monoisotopic (exact) mass is 297 g/mol. The highest BCUT2D eigenvalue weighted by molar-refractivity contribution is 7.89. The van der Waals surface area contributed by atoms with Gasteiger partial charge in [0.25, 0.3) is 5.69 Å². The maximum atomic E-state index is 12.0. The van der Waals surface area contributed by atoms with Gasteiger partial charge in [-0.05, 0) is 12.1 Å². The molecule has 1 aromatic carbocycles. The highest BCUT2D eigenvalue weighted by Crippen LogP contribution is 2.24. The number of nitro groups is 1. The number of aromatic nitrogens is 2. The summed E-state index contributed by atoms with van der Waals surface area (Å²) in [5.41, 5.74) is 5.50. The summed E-state index contributed by atoms with van der Waals surface area (Å²) in [7, 11) is -3.80. The lowest BCUT2D eigenvalue weighted by Gasteiger charge is -2.06. The molecule has 0 fully saturated rings. The number of sulfonamides is 1. The van der Waals surface area contributed by atoms with Crippen molar-refractivity contribution < 1.29 is 13.3 Å². The Labute approximate surface area is 114 Å². The first-order chi connectivity index (χ1) is 9.40. The Morgan fingerprint density at radius 1 is 1.45 bits per heavy atom. The molecule has 0 amide bonds. The van der Waals surface area contributed by atoms with Gasteiger partial charge in [0.05, 0.1) is 22.7 Å². The highest BCUT2D eigenvalue weighted by Gasteiger charge is 2.19. The molecule has 9 nitrogen and oxygen atoms in total. The van der Waals surface area contributed by atoms with Crippen molar-refractivity contribution in [3.63, 3.8) is 0 Å². The molecule has 20 heavy (non-hydrogen) atoms. The average molecular weight is 297 g/mol. The number of nitrogens with two attached hydrogens (primary N) is 1. The van der Waals surface area contributed by atoms with Crippen molar-refractivity contribution in [3.05, 3.63) is 46.5 Å². The summed E-state index contributed by atoms with van der Waals surface area (Å²) in [6.45, 7) is 0.0270. The van der Waals surface area contributed by atoms with Crippen LogP contribution in [0.15, 0.2) is 35.6 Å². The van der Waals surface area contributed by atoms with Crippen molar-refractivity contribution in [2.45, 2.75) is 11.4 Å². The van der Waals surface area contributed by atoms with Crippen LogP contribution in [0.2, 0.25) is 0 Å². The second-order valence-corrected chi connectivity index (χ2v) is 5.65. The van der Waals surface area contributed by atoms with Gasteiger partial charge in [-0.2, -0.15) is 0 Å². The first-order valence-electron chi connectivity index (χ1n) is 5.41. The average Bonchev–Trinajstić information content (AvgIpc) is 2.89. The Morgan fingerprint density at radius 2 is 2.20 bits per heavy atom. The second kappa shape index (κ2) is 5.27. The molecule has 106 valence electrons. The van der Waals surface area contributed by atoms with Gasteiger partial charge in [0, 0.05) is 18.0 Å². The summed E-state index contributed by atoms with van der Waals surface area (Å²) in [6, 6.07) is 3.23. The molecule has 0 aliphatic rings. The van der Waals surface area contributed by atoms with Gasteiger partial charge in [0.1, 0.15) is 5.69 Å². The summed E-state index contributed by atoms with van der Waals surface area (Å²) in [5, 5.41) is 10.6. The van der Waals surface area contributed by atoms with Crippen LogP contribution in [0.25, 0.3) is 0 Å². The molecule has 0 bridgehead atoms. The maximum absolute atomic E-state index is 12.0. The number of nitrogens with zero attached hydrogens (tertiary/aromatic N) is 2. The van der Waals surface area contributed by atoms with Crippen LogP contribution in [0.3, 0.4) is 0 Å². The zero-order valence-corrected chi connectivity index (χ0v) is 10.9. The highest BCUT2D eigenvalue weighted by atomic mass is 32.2. The number of H-pyrrole nitrogens is 1. The largest absolute Gasteiger partial charge is 0.393 e. The van der Waals surface area contributed by atoms with Crippen LogP contribution < -0.4 is 10.5 Å². The number of hydrogen-bond acceptors (Lipinski definition) is 6. The van der Waals surface area contributed by atoms with E-state index >= 15 is 0 Å². The lowest BCUT2D eigenvalue weighted by Crippen LogP contribution is -2.23. The fraction of sp³-hybridized carbons (Fsp3) is 0.100. The number of imidazole rings is 1. The molecule has 0 atom stereocenters. The van der Waals surface area contributed by atoms with E-state index in [9.17, 15) is 18.5 Å². The molecule has 1 aromatic heterocycles. The molecule has 0 unspecified atom stereocenters. The fourth-order valence-corrected chi connectivity index (χ4v) is 2.54. The number of nitrogen functional groups attached to an aromatic ring is 1. The fourth-order valence-electron chi connectivity index (χ4n) is 1.50. The van der Waals surface area contributed by atoms with Gasteiger partial charge < -0.3 is 10.7 Å². The van der Waals surface area contributed by atoms with Gasteiger partial charge in [-0.3, -0.25) is 10.1 Å². The number of rotatable bonds is 5. The van der Waals surface area contributed by atoms with Gasteiger partial charge in [0.15, 0.2) is 0 Å². The van der Waals surface area contributed by atoms with Crippen LogP contribution in [0.1, 0.15) is 5.69 Å². The summed E-state index contributed by atoms with van der Waals surface area (Å²) >= 11 is 0. The Hall–Kier alpha value is -2.46. The quantitative estimate of drug-likeness (QED) is 0.413. The van der Waals surface area contributed by atoms with Crippen LogP contribution in [0, 0.1) is 10.1 Å². The SMILES string of the molecule is Nc1cc(S(=O)(=O)NCc2cnc[nH]2)ccc1[N+](=O)[O-]. The van der Waals surface area contributed by atoms with Crippen molar-refractivity contribution in [1.82, 2.24) is 14.7 Å². The third-order valence-corrected chi connectivity index (χ3v) is 3.91. The van der Waals surface area contributed by atoms with Gasteiger partial charge in [0.2, 0.25) is 10.0 Å². The molecule has 1 heterocycles. The van der Waals surface area contributed by atoms with Crippen molar-refractivity contribution in [3.8, 4) is 0 Å². The topological polar surface area (TPSA) is 144 Å². The molecule has 4 N–H and O–H groups in total. The standard InChI is InChI=1S/C10H11N5O4S/c11-9-3-8(1-2-10(9)15(16)17)20(18,19)14-5-7-4-12-6-13-7/h1-4,6,14H,5,11H2,(H,12,13). The third kappa shape index (κ3) is 2.92. The molecule has 0 radical (unpaired) electrons. The Kier molecular flexibility index (Phi) is 3.68. The molecule has 0 spiro atoms. The number of hydrogen-bond donors (Lipinski definition) is 3. The first-order valence-corrected chi connectivity index (χ1v) is 6.89. The van der Waals surface area contributed by atoms with Crippen molar-refractivity contribution in [1.29, 1.82) is 0 Å². The zero-order valence-electron chi connectivity index (χ0n) is 10.1. The normalized spacial score (nSPS) is 11.4. The number of nitro benzene ring substituents is 1. The first kappa shape index (κ1) is 14.0. The van der Waals surface area contributed by atoms with E-state index in [2.05, 4.69) is 14.7 Å². The van der Waals surface area contributed by atoms with Gasteiger partial charge in [-0.15, -0.1) is 0 Å². The summed E-state index contributed by atoms with van der Waals surface area (Å²) < 4.78 is 26.3. The van der Waals surface area contributed by atoms with Gasteiger partial charge in [-0.1, -0.05) is 0 Å². The number of anilines is 1. The van der Waals surface area contributed by atoms with Crippen LogP contribution in [0.4, 0.5) is 11.4 Å². The zero-order chi connectivity index (χ0) is 14.8. The summed E-state index contributed by atoms with van der Waals surface area (Å²) in [5.74, 6) is 0. The smallest absolute Gasteiger partial charge is 0.292 e. The van der Waals surface area contributed by atoms with E-state index in [1.165, 1.54) is 12.5 Å². The van der Waals surface area contributed by atoms with Crippen molar-refractivity contribution in [2.24, 2.45) is 0 Å².